The number of carbonyl (C=O) groups excluding carboxylic acids is 2. The number of benzene rings is 2. The molecule has 2 saturated heterocycles. The van der Waals surface area contributed by atoms with Crippen molar-refractivity contribution in [3.05, 3.63) is 65.2 Å². The Hall–Kier alpha value is -2.94. The monoisotopic (exact) mass is 467 g/mol. The summed E-state index contributed by atoms with van der Waals surface area (Å²) < 4.78 is 5.60. The topological polar surface area (TPSA) is 102 Å². The first kappa shape index (κ1) is 24.2. The normalized spacial score (nSPS) is 21.0. The molecule has 2 atom stereocenters. The number of carbonyl (C=O) groups is 2. The molecule has 2 fully saturated rings. The van der Waals surface area contributed by atoms with Gasteiger partial charge < -0.3 is 30.1 Å². The Labute approximate surface area is 200 Å². The van der Waals surface area contributed by atoms with E-state index < -0.39 is 12.2 Å². The molecule has 8 heteroatoms. The molecule has 0 unspecified atom stereocenters. The lowest BCUT2D eigenvalue weighted by Gasteiger charge is -2.32. The van der Waals surface area contributed by atoms with Gasteiger partial charge in [-0.1, -0.05) is 30.3 Å². The first-order chi connectivity index (χ1) is 16.4. The largest absolute Gasteiger partial charge is 0.484 e. The lowest BCUT2D eigenvalue weighted by atomic mass is 9.88. The predicted molar refractivity (Wildman–Crippen MR) is 128 cm³/mol. The number of likely N-dealkylation sites (tertiary alicyclic amines) is 2. The summed E-state index contributed by atoms with van der Waals surface area (Å²) in [4.78, 5) is 28.6. The Morgan fingerprint density at radius 1 is 1.00 bits per heavy atom. The van der Waals surface area contributed by atoms with Gasteiger partial charge in [-0.25, -0.2) is 0 Å². The van der Waals surface area contributed by atoms with E-state index in [0.29, 0.717) is 30.3 Å². The minimum Gasteiger partial charge on any atom is -0.484 e. The van der Waals surface area contributed by atoms with E-state index in [2.05, 4.69) is 29.6 Å². The molecular weight excluding hydrogens is 434 g/mol. The average molecular weight is 468 g/mol. The number of β-amino-alcohol motifs (C(OH)–C–C–N with tert-alkyl or cyclic N) is 2. The molecule has 2 heterocycles. The van der Waals surface area contributed by atoms with Gasteiger partial charge in [-0.15, -0.1) is 0 Å². The van der Waals surface area contributed by atoms with E-state index in [-0.39, 0.29) is 31.5 Å². The van der Waals surface area contributed by atoms with Crippen LogP contribution in [0.25, 0.3) is 0 Å². The highest BCUT2D eigenvalue weighted by Crippen LogP contribution is 2.29. The van der Waals surface area contributed by atoms with Crippen molar-refractivity contribution in [2.45, 2.75) is 37.5 Å². The summed E-state index contributed by atoms with van der Waals surface area (Å²) >= 11 is 0. The molecule has 34 heavy (non-hydrogen) atoms. The Morgan fingerprint density at radius 2 is 1.71 bits per heavy atom. The molecule has 0 spiro atoms. The van der Waals surface area contributed by atoms with Gasteiger partial charge in [-0.2, -0.15) is 0 Å². The van der Waals surface area contributed by atoms with Crippen LogP contribution in [0.5, 0.6) is 5.75 Å². The maximum absolute atomic E-state index is 13.1. The molecule has 0 radical (unpaired) electrons. The van der Waals surface area contributed by atoms with Gasteiger partial charge in [-0.3, -0.25) is 9.59 Å². The highest BCUT2D eigenvalue weighted by molar-refractivity contribution is 5.94. The van der Waals surface area contributed by atoms with Crippen LogP contribution < -0.4 is 10.1 Å². The number of nitrogens with one attached hydrogen (secondary N) is 1. The second-order valence-corrected chi connectivity index (χ2v) is 9.09. The van der Waals surface area contributed by atoms with Gasteiger partial charge in [0.25, 0.3) is 11.8 Å². The predicted octanol–water partition coefficient (Wildman–Crippen LogP) is 1.37. The molecular formula is C26H33N3O5. The fraction of sp³-hybridized carbons (Fsp3) is 0.462. The molecule has 3 N–H and O–H groups in total. The van der Waals surface area contributed by atoms with E-state index in [4.69, 9.17) is 4.74 Å². The van der Waals surface area contributed by atoms with Gasteiger partial charge in [0.15, 0.2) is 6.61 Å². The van der Waals surface area contributed by atoms with Crippen molar-refractivity contribution in [3.8, 4) is 5.75 Å². The van der Waals surface area contributed by atoms with Crippen molar-refractivity contribution in [1.29, 1.82) is 0 Å². The molecule has 182 valence electrons. The Morgan fingerprint density at radius 3 is 2.41 bits per heavy atom. The van der Waals surface area contributed by atoms with Gasteiger partial charge in [0.2, 0.25) is 0 Å². The second-order valence-electron chi connectivity index (χ2n) is 9.09. The highest BCUT2D eigenvalue weighted by Gasteiger charge is 2.32. The standard InChI is InChI=1S/C26H33N3O5/c1-27-14-18-4-2-5-20(12-18)19-8-10-28(11-9-19)26(33)21-6-3-7-22(13-21)34-17-25(32)29-15-23(30)24(31)16-29/h2-7,12-13,19,23-24,27,30-31H,8-11,14-17H2,1H3/t23-,24+. The third kappa shape index (κ3) is 5.75. The van der Waals surface area contributed by atoms with E-state index >= 15 is 0 Å². The van der Waals surface area contributed by atoms with Crippen LogP contribution in [0.4, 0.5) is 0 Å². The van der Waals surface area contributed by atoms with Crippen LogP contribution in [-0.4, -0.2) is 83.9 Å². The summed E-state index contributed by atoms with van der Waals surface area (Å²) in [6.45, 7) is 2.22. The minimum atomic E-state index is -0.925. The fourth-order valence-electron chi connectivity index (χ4n) is 4.69. The number of hydrogen-bond donors (Lipinski definition) is 3. The lowest BCUT2D eigenvalue weighted by Crippen LogP contribution is -2.38. The van der Waals surface area contributed by atoms with Gasteiger partial charge in [0.05, 0.1) is 12.2 Å². The van der Waals surface area contributed by atoms with E-state index in [1.807, 2.05) is 11.9 Å². The summed E-state index contributed by atoms with van der Waals surface area (Å²) in [5.41, 5.74) is 3.13. The number of amides is 2. The molecule has 8 nitrogen and oxygen atoms in total. The second kappa shape index (κ2) is 11.0. The zero-order chi connectivity index (χ0) is 24.1. The molecule has 0 aromatic heterocycles. The number of aliphatic hydroxyl groups is 2. The van der Waals surface area contributed by atoms with Crippen molar-refractivity contribution in [2.75, 3.05) is 39.8 Å². The molecule has 2 aliphatic heterocycles. The van der Waals surface area contributed by atoms with Crippen molar-refractivity contribution < 1.29 is 24.5 Å². The van der Waals surface area contributed by atoms with E-state index in [1.54, 1.807) is 24.3 Å². The van der Waals surface area contributed by atoms with Crippen LogP contribution >= 0.6 is 0 Å². The molecule has 2 aromatic carbocycles. The molecule has 2 aliphatic rings. The number of ether oxygens (including phenoxy) is 1. The van der Waals surface area contributed by atoms with Crippen LogP contribution in [0.2, 0.25) is 0 Å². The summed E-state index contributed by atoms with van der Waals surface area (Å²) in [6.07, 6.45) is -0.00221. The number of nitrogens with zero attached hydrogens (tertiary/aromatic N) is 2. The average Bonchev–Trinajstić information content (AvgIpc) is 3.21. The molecule has 0 saturated carbocycles. The zero-order valence-electron chi connectivity index (χ0n) is 19.5. The first-order valence-corrected chi connectivity index (χ1v) is 11.8. The zero-order valence-corrected chi connectivity index (χ0v) is 19.5. The van der Waals surface area contributed by atoms with Crippen molar-refractivity contribution in [2.24, 2.45) is 0 Å². The summed E-state index contributed by atoms with van der Waals surface area (Å²) in [6, 6.07) is 15.5. The van der Waals surface area contributed by atoms with E-state index in [1.165, 1.54) is 16.0 Å². The summed E-state index contributed by atoms with van der Waals surface area (Å²) in [5, 5.41) is 22.4. The van der Waals surface area contributed by atoms with Crippen LogP contribution in [0, 0.1) is 0 Å². The molecule has 2 amide bonds. The Bertz CT molecular complexity index is 995. The maximum Gasteiger partial charge on any atom is 0.260 e. The molecule has 2 aromatic rings. The highest BCUT2D eigenvalue weighted by atomic mass is 16.5. The van der Waals surface area contributed by atoms with Crippen LogP contribution in [0.3, 0.4) is 0 Å². The van der Waals surface area contributed by atoms with Crippen LogP contribution in [0.15, 0.2) is 48.5 Å². The van der Waals surface area contributed by atoms with E-state index in [9.17, 15) is 19.8 Å². The Kier molecular flexibility index (Phi) is 7.82. The number of piperidine rings is 1. The van der Waals surface area contributed by atoms with E-state index in [0.717, 1.165) is 19.4 Å². The third-order valence-corrected chi connectivity index (χ3v) is 6.64. The smallest absolute Gasteiger partial charge is 0.260 e. The fourth-order valence-corrected chi connectivity index (χ4v) is 4.69. The molecule has 0 bridgehead atoms. The minimum absolute atomic E-state index is 0.0371. The number of aliphatic hydroxyl groups excluding tert-OH is 2. The van der Waals surface area contributed by atoms with Gasteiger partial charge in [0.1, 0.15) is 5.75 Å². The van der Waals surface area contributed by atoms with Crippen molar-refractivity contribution in [3.63, 3.8) is 0 Å². The Balaban J connectivity index is 1.30. The molecule has 4 rings (SSSR count). The maximum atomic E-state index is 13.1. The summed E-state index contributed by atoms with van der Waals surface area (Å²) in [5.74, 6) is 0.540. The first-order valence-electron chi connectivity index (χ1n) is 11.8. The number of rotatable bonds is 7. The van der Waals surface area contributed by atoms with Crippen LogP contribution in [-0.2, 0) is 11.3 Å². The molecule has 0 aliphatic carbocycles. The van der Waals surface area contributed by atoms with Crippen molar-refractivity contribution in [1.82, 2.24) is 15.1 Å². The summed E-state index contributed by atoms with van der Waals surface area (Å²) in [7, 11) is 1.94. The third-order valence-electron chi connectivity index (χ3n) is 6.64. The van der Waals surface area contributed by atoms with Gasteiger partial charge in [-0.05, 0) is 55.1 Å². The number of hydrogen-bond acceptors (Lipinski definition) is 6. The van der Waals surface area contributed by atoms with Crippen molar-refractivity contribution >= 4 is 11.8 Å². The van der Waals surface area contributed by atoms with Crippen LogP contribution in [0.1, 0.15) is 40.2 Å². The SMILES string of the molecule is CNCc1cccc(C2CCN(C(=O)c3cccc(OCC(=O)N4C[C@@H](O)[C@@H](O)C4)c3)CC2)c1. The quantitative estimate of drug-likeness (QED) is 0.569. The van der Waals surface area contributed by atoms with Gasteiger partial charge in [0, 0.05) is 38.3 Å². The lowest BCUT2D eigenvalue weighted by molar-refractivity contribution is -0.132. The van der Waals surface area contributed by atoms with Gasteiger partial charge >= 0.3 is 0 Å².